The molecule has 160 valence electrons. The van der Waals surface area contributed by atoms with Crippen LogP contribution < -0.4 is 14.8 Å². The number of fused-ring (bicyclic) bond motifs is 1. The molecule has 0 atom stereocenters. The molecule has 3 rings (SSSR count). The smallest absolute Gasteiger partial charge is 0.317 e. The lowest BCUT2D eigenvalue weighted by Crippen LogP contribution is -2.51. The van der Waals surface area contributed by atoms with Crippen molar-refractivity contribution in [1.29, 1.82) is 0 Å². The number of amides is 2. The zero-order valence-electron chi connectivity index (χ0n) is 17.2. The van der Waals surface area contributed by atoms with Gasteiger partial charge in [0.2, 0.25) is 6.79 Å². The number of carbonyl (C=O) groups is 2. The maximum Gasteiger partial charge on any atom is 0.317 e. The van der Waals surface area contributed by atoms with Gasteiger partial charge in [0.15, 0.2) is 11.5 Å². The summed E-state index contributed by atoms with van der Waals surface area (Å²) in [6.07, 6.45) is 3.03. The highest BCUT2D eigenvalue weighted by atomic mass is 16.7. The third-order valence-corrected chi connectivity index (χ3v) is 5.14. The molecule has 8 nitrogen and oxygen atoms in total. The largest absolute Gasteiger partial charge is 0.466 e. The maximum absolute atomic E-state index is 12.3. The van der Waals surface area contributed by atoms with Crippen molar-refractivity contribution in [2.75, 3.05) is 46.1 Å². The first kappa shape index (κ1) is 21.2. The molecule has 1 fully saturated rings. The van der Waals surface area contributed by atoms with Gasteiger partial charge in [-0.15, -0.1) is 0 Å². The van der Waals surface area contributed by atoms with Gasteiger partial charge >= 0.3 is 12.0 Å². The second kappa shape index (κ2) is 10.9. The molecule has 0 aromatic heterocycles. The second-order valence-corrected chi connectivity index (χ2v) is 7.30. The molecule has 2 amide bonds. The Morgan fingerprint density at radius 3 is 2.66 bits per heavy atom. The third kappa shape index (κ3) is 6.52. The van der Waals surface area contributed by atoms with Crippen LogP contribution >= 0.6 is 0 Å². The lowest BCUT2D eigenvalue weighted by Gasteiger charge is -2.34. The van der Waals surface area contributed by atoms with Crippen LogP contribution in [0.5, 0.6) is 11.5 Å². The average Bonchev–Trinajstić information content (AvgIpc) is 3.19. The number of esters is 1. The van der Waals surface area contributed by atoms with E-state index in [1.54, 1.807) is 0 Å². The Morgan fingerprint density at radius 1 is 1.07 bits per heavy atom. The topological polar surface area (TPSA) is 80.3 Å². The summed E-state index contributed by atoms with van der Waals surface area (Å²) < 4.78 is 15.7. The van der Waals surface area contributed by atoms with Crippen LogP contribution in [-0.2, 0) is 16.1 Å². The molecule has 0 bridgehead atoms. The van der Waals surface area contributed by atoms with Crippen LogP contribution in [0.15, 0.2) is 18.2 Å². The lowest BCUT2D eigenvalue weighted by molar-refractivity contribution is -0.143. The van der Waals surface area contributed by atoms with E-state index < -0.39 is 0 Å². The van der Waals surface area contributed by atoms with Crippen LogP contribution in [0.3, 0.4) is 0 Å². The Bertz CT molecular complexity index is 689. The van der Waals surface area contributed by atoms with Crippen LogP contribution in [-0.4, -0.2) is 67.9 Å². The third-order valence-electron chi connectivity index (χ3n) is 5.14. The lowest BCUT2D eigenvalue weighted by atomic mass is 10.1. The Balaban J connectivity index is 1.28. The number of benzene rings is 1. The van der Waals surface area contributed by atoms with Gasteiger partial charge in [0.05, 0.1) is 6.61 Å². The molecular weight excluding hydrogens is 374 g/mol. The van der Waals surface area contributed by atoms with Gasteiger partial charge in [-0.05, 0) is 37.5 Å². The Labute approximate surface area is 172 Å². The van der Waals surface area contributed by atoms with Crippen LogP contribution in [0.25, 0.3) is 0 Å². The highest BCUT2D eigenvalue weighted by molar-refractivity contribution is 5.74. The molecule has 0 radical (unpaired) electrons. The Kier molecular flexibility index (Phi) is 7.98. The van der Waals surface area contributed by atoms with Gasteiger partial charge in [0.1, 0.15) is 0 Å². The number of urea groups is 1. The number of rotatable bonds is 9. The predicted octanol–water partition coefficient (Wildman–Crippen LogP) is 2.37. The Hall–Kier alpha value is -2.48. The fraction of sp³-hybridized carbons (Fsp3) is 0.619. The SMILES string of the molecule is CCOC(=O)CCCCCNC(=O)N1CCN(Cc2ccc3c(c2)OCO3)CC1. The van der Waals surface area contributed by atoms with E-state index in [0.29, 0.717) is 19.6 Å². The summed E-state index contributed by atoms with van der Waals surface area (Å²) in [6, 6.07) is 6.05. The molecule has 29 heavy (non-hydrogen) atoms. The first-order valence-electron chi connectivity index (χ1n) is 10.4. The van der Waals surface area contributed by atoms with E-state index >= 15 is 0 Å². The number of ether oxygens (including phenoxy) is 3. The van der Waals surface area contributed by atoms with Gasteiger partial charge in [-0.3, -0.25) is 9.69 Å². The minimum absolute atomic E-state index is 0.00174. The molecule has 0 aliphatic carbocycles. The fourth-order valence-corrected chi connectivity index (χ4v) is 3.52. The summed E-state index contributed by atoms with van der Waals surface area (Å²) in [4.78, 5) is 27.8. The van der Waals surface area contributed by atoms with Crippen molar-refractivity contribution in [3.63, 3.8) is 0 Å². The first-order valence-corrected chi connectivity index (χ1v) is 10.4. The predicted molar refractivity (Wildman–Crippen MR) is 108 cm³/mol. The summed E-state index contributed by atoms with van der Waals surface area (Å²) in [7, 11) is 0. The van der Waals surface area contributed by atoms with E-state index in [-0.39, 0.29) is 18.8 Å². The van der Waals surface area contributed by atoms with E-state index in [9.17, 15) is 9.59 Å². The highest BCUT2D eigenvalue weighted by Gasteiger charge is 2.21. The summed E-state index contributed by atoms with van der Waals surface area (Å²) >= 11 is 0. The van der Waals surface area contributed by atoms with Gasteiger partial charge in [-0.2, -0.15) is 0 Å². The van der Waals surface area contributed by atoms with Crippen molar-refractivity contribution in [2.24, 2.45) is 0 Å². The summed E-state index contributed by atoms with van der Waals surface area (Å²) in [5, 5.41) is 2.98. The molecule has 0 unspecified atom stereocenters. The molecule has 0 saturated carbocycles. The molecule has 1 aromatic rings. The van der Waals surface area contributed by atoms with Crippen LogP contribution in [0.4, 0.5) is 4.79 Å². The van der Waals surface area contributed by atoms with Crippen molar-refractivity contribution in [1.82, 2.24) is 15.1 Å². The number of piperazine rings is 1. The molecule has 1 saturated heterocycles. The zero-order chi connectivity index (χ0) is 20.5. The van der Waals surface area contributed by atoms with Crippen LogP contribution in [0, 0.1) is 0 Å². The first-order chi connectivity index (χ1) is 14.2. The van der Waals surface area contributed by atoms with Crippen molar-refractivity contribution >= 4 is 12.0 Å². The minimum Gasteiger partial charge on any atom is -0.466 e. The van der Waals surface area contributed by atoms with Gasteiger partial charge in [0.25, 0.3) is 0 Å². The number of unbranched alkanes of at least 4 members (excludes halogenated alkanes) is 2. The van der Waals surface area contributed by atoms with Gasteiger partial charge in [-0.1, -0.05) is 12.5 Å². The Morgan fingerprint density at radius 2 is 1.86 bits per heavy atom. The van der Waals surface area contributed by atoms with E-state index in [2.05, 4.69) is 16.3 Å². The van der Waals surface area contributed by atoms with Crippen LogP contribution in [0.1, 0.15) is 38.2 Å². The highest BCUT2D eigenvalue weighted by Crippen LogP contribution is 2.32. The van der Waals surface area contributed by atoms with Crippen molar-refractivity contribution < 1.29 is 23.8 Å². The minimum atomic E-state index is -0.143. The quantitative estimate of drug-likeness (QED) is 0.502. The zero-order valence-corrected chi connectivity index (χ0v) is 17.2. The monoisotopic (exact) mass is 405 g/mol. The number of hydrogen-bond donors (Lipinski definition) is 1. The summed E-state index contributed by atoms with van der Waals surface area (Å²) in [5.41, 5.74) is 1.19. The number of carbonyl (C=O) groups excluding carboxylic acids is 2. The average molecular weight is 405 g/mol. The van der Waals surface area contributed by atoms with Crippen molar-refractivity contribution in [3.8, 4) is 11.5 Å². The van der Waals surface area contributed by atoms with Gasteiger partial charge in [-0.25, -0.2) is 4.79 Å². The number of nitrogens with one attached hydrogen (secondary N) is 1. The molecule has 2 aliphatic heterocycles. The molecule has 1 aromatic carbocycles. The van der Waals surface area contributed by atoms with E-state index in [1.807, 2.05) is 24.0 Å². The maximum atomic E-state index is 12.3. The van der Waals surface area contributed by atoms with Crippen LogP contribution in [0.2, 0.25) is 0 Å². The number of nitrogens with zero attached hydrogens (tertiary/aromatic N) is 2. The molecular formula is C21H31N3O5. The molecule has 8 heteroatoms. The van der Waals surface area contributed by atoms with Crippen molar-refractivity contribution in [2.45, 2.75) is 39.2 Å². The van der Waals surface area contributed by atoms with E-state index in [1.165, 1.54) is 5.56 Å². The fourth-order valence-electron chi connectivity index (χ4n) is 3.52. The molecule has 2 heterocycles. The summed E-state index contributed by atoms with van der Waals surface area (Å²) in [5.74, 6) is 1.47. The number of hydrogen-bond acceptors (Lipinski definition) is 6. The van der Waals surface area contributed by atoms with Gasteiger partial charge < -0.3 is 24.4 Å². The van der Waals surface area contributed by atoms with E-state index in [0.717, 1.165) is 63.5 Å². The molecule has 1 N–H and O–H groups in total. The van der Waals surface area contributed by atoms with E-state index in [4.69, 9.17) is 14.2 Å². The normalized spacial score (nSPS) is 16.0. The van der Waals surface area contributed by atoms with Crippen molar-refractivity contribution in [3.05, 3.63) is 23.8 Å². The summed E-state index contributed by atoms with van der Waals surface area (Å²) in [6.45, 7) is 7.15. The second-order valence-electron chi connectivity index (χ2n) is 7.30. The standard InChI is InChI=1S/C21H31N3O5/c1-2-27-20(25)6-4-3-5-9-22-21(26)24-12-10-23(11-13-24)15-17-7-8-18-19(14-17)29-16-28-18/h7-8,14H,2-6,9-13,15-16H2,1H3,(H,22,26). The van der Waals surface area contributed by atoms with Gasteiger partial charge in [0, 0.05) is 45.7 Å². The molecule has 2 aliphatic rings. The molecule has 0 spiro atoms.